The molecule has 0 aliphatic carbocycles. The Morgan fingerprint density at radius 3 is 2.93 bits per heavy atom. The van der Waals surface area contributed by atoms with Gasteiger partial charge in [0, 0.05) is 26.5 Å². The molecule has 0 saturated heterocycles. The number of methoxy groups -OCH3 is 1. The minimum absolute atomic E-state index is 0.414. The molecule has 1 aromatic heterocycles. The Morgan fingerprint density at radius 1 is 1.60 bits per heavy atom. The number of ether oxygens (including phenoxy) is 1. The van der Waals surface area contributed by atoms with Crippen molar-refractivity contribution in [2.24, 2.45) is 5.73 Å². The van der Waals surface area contributed by atoms with E-state index >= 15 is 0 Å². The van der Waals surface area contributed by atoms with Crippen molar-refractivity contribution >= 4 is 11.7 Å². The van der Waals surface area contributed by atoms with Gasteiger partial charge in [-0.15, -0.1) is 0 Å². The van der Waals surface area contributed by atoms with Crippen molar-refractivity contribution in [1.29, 1.82) is 0 Å². The van der Waals surface area contributed by atoms with Gasteiger partial charge in [0.05, 0.1) is 5.56 Å². The number of nitrogens with one attached hydrogen (secondary N) is 1. The van der Waals surface area contributed by atoms with Crippen LogP contribution >= 0.6 is 0 Å². The molecule has 82 valence electrons. The molecule has 1 aromatic rings. The van der Waals surface area contributed by atoms with Gasteiger partial charge in [-0.05, 0) is 18.6 Å². The Kier molecular flexibility index (Phi) is 4.56. The molecule has 0 bridgehead atoms. The van der Waals surface area contributed by atoms with Gasteiger partial charge < -0.3 is 15.8 Å². The van der Waals surface area contributed by atoms with Gasteiger partial charge in [-0.3, -0.25) is 4.79 Å². The van der Waals surface area contributed by atoms with Crippen LogP contribution < -0.4 is 11.1 Å². The molecule has 1 heterocycles. The van der Waals surface area contributed by atoms with Crippen LogP contribution in [0.3, 0.4) is 0 Å². The van der Waals surface area contributed by atoms with Crippen LogP contribution in [0.2, 0.25) is 0 Å². The number of rotatable bonds is 6. The Morgan fingerprint density at radius 2 is 2.40 bits per heavy atom. The molecule has 0 radical (unpaired) electrons. The first-order valence-electron chi connectivity index (χ1n) is 4.72. The molecule has 15 heavy (non-hydrogen) atoms. The predicted molar refractivity (Wildman–Crippen MR) is 57.7 cm³/mol. The second kappa shape index (κ2) is 5.98. The average molecular weight is 209 g/mol. The molecular weight excluding hydrogens is 194 g/mol. The van der Waals surface area contributed by atoms with Crippen LogP contribution in [0, 0.1) is 0 Å². The van der Waals surface area contributed by atoms with E-state index < -0.39 is 5.91 Å². The molecule has 0 fully saturated rings. The Labute approximate surface area is 88.6 Å². The molecule has 0 aromatic carbocycles. The zero-order valence-corrected chi connectivity index (χ0v) is 8.69. The molecule has 0 spiro atoms. The zero-order valence-electron chi connectivity index (χ0n) is 8.69. The molecule has 1 rings (SSSR count). The normalized spacial score (nSPS) is 9.93. The number of pyridine rings is 1. The molecule has 3 N–H and O–H groups in total. The van der Waals surface area contributed by atoms with Gasteiger partial charge in [0.15, 0.2) is 0 Å². The van der Waals surface area contributed by atoms with E-state index in [0.717, 1.165) is 18.8 Å². The number of carbonyl (C=O) groups is 1. The maximum absolute atomic E-state index is 10.8. The quantitative estimate of drug-likeness (QED) is 0.674. The third-order valence-corrected chi connectivity index (χ3v) is 1.88. The van der Waals surface area contributed by atoms with E-state index in [2.05, 4.69) is 10.3 Å². The number of anilines is 1. The van der Waals surface area contributed by atoms with Crippen LogP contribution in [0.5, 0.6) is 0 Å². The standard InChI is InChI=1S/C10H15N3O2/c1-15-6-2-5-12-9-4-3-8(7-13-9)10(11)14/h3-4,7H,2,5-6H2,1H3,(H2,11,14)(H,12,13). The number of nitrogens with two attached hydrogens (primary N) is 1. The van der Waals surface area contributed by atoms with E-state index in [4.69, 9.17) is 10.5 Å². The van der Waals surface area contributed by atoms with Crippen molar-refractivity contribution in [3.63, 3.8) is 0 Å². The van der Waals surface area contributed by atoms with E-state index in [1.54, 1.807) is 19.2 Å². The largest absolute Gasteiger partial charge is 0.385 e. The third-order valence-electron chi connectivity index (χ3n) is 1.88. The molecular formula is C10H15N3O2. The molecule has 1 amide bonds. The Hall–Kier alpha value is -1.62. The molecule has 5 heteroatoms. The van der Waals surface area contributed by atoms with Gasteiger partial charge in [-0.25, -0.2) is 4.98 Å². The van der Waals surface area contributed by atoms with E-state index in [1.807, 2.05) is 0 Å². The number of aromatic nitrogens is 1. The SMILES string of the molecule is COCCCNc1ccc(C(N)=O)cn1. The highest BCUT2D eigenvalue weighted by Crippen LogP contribution is 2.04. The summed E-state index contributed by atoms with van der Waals surface area (Å²) in [7, 11) is 1.67. The fourth-order valence-corrected chi connectivity index (χ4v) is 1.08. The highest BCUT2D eigenvalue weighted by Gasteiger charge is 1.99. The van der Waals surface area contributed by atoms with Gasteiger partial charge in [0.1, 0.15) is 5.82 Å². The number of hydrogen-bond acceptors (Lipinski definition) is 4. The lowest BCUT2D eigenvalue weighted by Gasteiger charge is -2.04. The third kappa shape index (κ3) is 3.95. The zero-order chi connectivity index (χ0) is 11.1. The maximum atomic E-state index is 10.8. The van der Waals surface area contributed by atoms with Crippen molar-refractivity contribution in [1.82, 2.24) is 4.98 Å². The Bertz CT molecular complexity index is 311. The first kappa shape index (κ1) is 11.5. The van der Waals surface area contributed by atoms with Crippen LogP contribution in [0.25, 0.3) is 0 Å². The summed E-state index contributed by atoms with van der Waals surface area (Å²) in [4.78, 5) is 14.8. The van der Waals surface area contributed by atoms with E-state index in [-0.39, 0.29) is 0 Å². The summed E-state index contributed by atoms with van der Waals surface area (Å²) in [6, 6.07) is 3.38. The average Bonchev–Trinajstić information content (AvgIpc) is 2.25. The van der Waals surface area contributed by atoms with Crippen LogP contribution in [-0.4, -0.2) is 31.2 Å². The van der Waals surface area contributed by atoms with Crippen LogP contribution in [0.1, 0.15) is 16.8 Å². The lowest BCUT2D eigenvalue weighted by Crippen LogP contribution is -2.12. The second-order valence-corrected chi connectivity index (χ2v) is 3.07. The minimum atomic E-state index is -0.464. The summed E-state index contributed by atoms with van der Waals surface area (Å²) in [5.41, 5.74) is 5.50. The van der Waals surface area contributed by atoms with E-state index in [1.165, 1.54) is 6.20 Å². The number of primary amides is 1. The lowest BCUT2D eigenvalue weighted by molar-refractivity contribution is 0.1000. The number of carbonyl (C=O) groups excluding carboxylic acids is 1. The number of nitrogens with zero attached hydrogens (tertiary/aromatic N) is 1. The van der Waals surface area contributed by atoms with Crippen molar-refractivity contribution in [2.45, 2.75) is 6.42 Å². The van der Waals surface area contributed by atoms with E-state index in [0.29, 0.717) is 12.2 Å². The summed E-state index contributed by atoms with van der Waals surface area (Å²) < 4.78 is 4.91. The molecule has 0 saturated carbocycles. The van der Waals surface area contributed by atoms with Crippen molar-refractivity contribution < 1.29 is 9.53 Å². The predicted octanol–water partition coefficient (Wildman–Crippen LogP) is 0.629. The first-order chi connectivity index (χ1) is 7.24. The smallest absolute Gasteiger partial charge is 0.250 e. The molecule has 0 aliphatic rings. The van der Waals surface area contributed by atoms with Crippen molar-refractivity contribution in [3.8, 4) is 0 Å². The molecule has 0 unspecified atom stereocenters. The van der Waals surface area contributed by atoms with Crippen LogP contribution in [-0.2, 0) is 4.74 Å². The summed E-state index contributed by atoms with van der Waals surface area (Å²) in [5.74, 6) is 0.268. The fraction of sp³-hybridized carbons (Fsp3) is 0.400. The van der Waals surface area contributed by atoms with Crippen LogP contribution in [0.4, 0.5) is 5.82 Å². The fourth-order valence-electron chi connectivity index (χ4n) is 1.08. The molecule has 0 aliphatic heterocycles. The Balaban J connectivity index is 2.39. The topological polar surface area (TPSA) is 77.2 Å². The second-order valence-electron chi connectivity index (χ2n) is 3.07. The van der Waals surface area contributed by atoms with Crippen LogP contribution in [0.15, 0.2) is 18.3 Å². The summed E-state index contributed by atoms with van der Waals surface area (Å²) >= 11 is 0. The highest BCUT2D eigenvalue weighted by atomic mass is 16.5. The maximum Gasteiger partial charge on any atom is 0.250 e. The van der Waals surface area contributed by atoms with Gasteiger partial charge in [0.25, 0.3) is 0 Å². The molecule has 5 nitrogen and oxygen atoms in total. The summed E-state index contributed by atoms with van der Waals surface area (Å²) in [6.07, 6.45) is 2.37. The summed E-state index contributed by atoms with van der Waals surface area (Å²) in [6.45, 7) is 1.50. The molecule has 0 atom stereocenters. The van der Waals surface area contributed by atoms with Crippen molar-refractivity contribution in [3.05, 3.63) is 23.9 Å². The number of hydrogen-bond donors (Lipinski definition) is 2. The van der Waals surface area contributed by atoms with Gasteiger partial charge in [-0.1, -0.05) is 0 Å². The first-order valence-corrected chi connectivity index (χ1v) is 4.72. The van der Waals surface area contributed by atoms with Gasteiger partial charge >= 0.3 is 0 Å². The summed E-state index contributed by atoms with van der Waals surface area (Å²) in [5, 5.41) is 3.10. The van der Waals surface area contributed by atoms with Crippen molar-refractivity contribution in [2.75, 3.05) is 25.6 Å². The van der Waals surface area contributed by atoms with E-state index in [9.17, 15) is 4.79 Å². The number of amides is 1. The highest BCUT2D eigenvalue weighted by molar-refractivity contribution is 5.92. The minimum Gasteiger partial charge on any atom is -0.385 e. The lowest BCUT2D eigenvalue weighted by atomic mass is 10.3. The monoisotopic (exact) mass is 209 g/mol. The van der Waals surface area contributed by atoms with Gasteiger partial charge in [-0.2, -0.15) is 0 Å². The van der Waals surface area contributed by atoms with Gasteiger partial charge in [0.2, 0.25) is 5.91 Å².